The molecule has 2 aliphatic heterocycles. The van der Waals surface area contributed by atoms with E-state index in [0.29, 0.717) is 12.0 Å². The molecule has 6 heteroatoms. The van der Waals surface area contributed by atoms with Gasteiger partial charge >= 0.3 is 6.03 Å². The molecule has 30 heavy (non-hydrogen) atoms. The third-order valence-electron chi connectivity index (χ3n) is 7.00. The number of rotatable bonds is 8. The predicted octanol–water partition coefficient (Wildman–Crippen LogP) is 3.77. The minimum Gasteiger partial charge on any atom is -0.369 e. The summed E-state index contributed by atoms with van der Waals surface area (Å²) < 4.78 is 0. The first-order valence-electron chi connectivity index (χ1n) is 11.8. The van der Waals surface area contributed by atoms with E-state index in [1.807, 2.05) is 6.07 Å². The van der Waals surface area contributed by atoms with Gasteiger partial charge < -0.3 is 20.4 Å². The van der Waals surface area contributed by atoms with E-state index in [2.05, 4.69) is 65.3 Å². The van der Waals surface area contributed by atoms with Crippen LogP contribution in [0, 0.1) is 12.8 Å². The van der Waals surface area contributed by atoms with Crippen molar-refractivity contribution in [3.8, 4) is 0 Å². The lowest BCUT2D eigenvalue weighted by Crippen LogP contribution is -2.47. The maximum Gasteiger partial charge on any atom is 0.319 e. The second-order valence-electron chi connectivity index (χ2n) is 9.01. The number of anilines is 2. The number of amides is 2. The first-order valence-corrected chi connectivity index (χ1v) is 11.8. The number of likely N-dealkylation sites (tertiary alicyclic amines) is 1. The summed E-state index contributed by atoms with van der Waals surface area (Å²) in [5.41, 5.74) is 3.25. The van der Waals surface area contributed by atoms with Gasteiger partial charge in [-0.25, -0.2) is 4.79 Å². The average Bonchev–Trinajstić information content (AvgIpc) is 3.27. The van der Waals surface area contributed by atoms with Crippen molar-refractivity contribution >= 4 is 17.4 Å². The van der Waals surface area contributed by atoms with Crippen LogP contribution in [0.15, 0.2) is 18.2 Å². The summed E-state index contributed by atoms with van der Waals surface area (Å²) >= 11 is 0. The van der Waals surface area contributed by atoms with Gasteiger partial charge in [0.05, 0.1) is 0 Å². The molecule has 0 bridgehead atoms. The zero-order valence-corrected chi connectivity index (χ0v) is 19.4. The molecule has 2 N–H and O–H groups in total. The van der Waals surface area contributed by atoms with Gasteiger partial charge in [0, 0.05) is 50.1 Å². The SMILES string of the molecule is CCC(CC)[C@H](CNC(=O)Nc1ccc(N2CCN(C)CC2)cc1C)N1CCCC1. The average molecular weight is 416 g/mol. The van der Waals surface area contributed by atoms with E-state index in [0.717, 1.165) is 69.9 Å². The molecular formula is C24H41N5O. The van der Waals surface area contributed by atoms with Gasteiger partial charge in [0.25, 0.3) is 0 Å². The van der Waals surface area contributed by atoms with Crippen LogP contribution >= 0.6 is 0 Å². The summed E-state index contributed by atoms with van der Waals surface area (Å²) in [4.78, 5) is 20.0. The third-order valence-corrected chi connectivity index (χ3v) is 7.00. The van der Waals surface area contributed by atoms with Gasteiger partial charge in [-0.05, 0) is 69.6 Å². The Kier molecular flexibility index (Phi) is 8.40. The zero-order chi connectivity index (χ0) is 21.5. The Bertz CT molecular complexity index is 674. The topological polar surface area (TPSA) is 50.9 Å². The number of aryl methyl sites for hydroxylation is 1. The van der Waals surface area contributed by atoms with E-state index < -0.39 is 0 Å². The fourth-order valence-corrected chi connectivity index (χ4v) is 4.91. The van der Waals surface area contributed by atoms with E-state index in [4.69, 9.17) is 0 Å². The maximum atomic E-state index is 12.6. The third kappa shape index (κ3) is 5.88. The van der Waals surface area contributed by atoms with Crippen molar-refractivity contribution in [2.24, 2.45) is 5.92 Å². The molecule has 168 valence electrons. The number of hydrogen-bond donors (Lipinski definition) is 2. The Morgan fingerprint density at radius 2 is 1.70 bits per heavy atom. The van der Waals surface area contributed by atoms with Crippen molar-refractivity contribution in [1.82, 2.24) is 15.1 Å². The van der Waals surface area contributed by atoms with Gasteiger partial charge in [-0.1, -0.05) is 26.7 Å². The summed E-state index contributed by atoms with van der Waals surface area (Å²) in [6.07, 6.45) is 4.88. The molecule has 3 rings (SSSR count). The highest BCUT2D eigenvalue weighted by atomic mass is 16.2. The van der Waals surface area contributed by atoms with E-state index in [1.54, 1.807) is 0 Å². The Labute approximate surface area is 183 Å². The normalized spacial score (nSPS) is 19.3. The van der Waals surface area contributed by atoms with Gasteiger partial charge in [0.15, 0.2) is 0 Å². The van der Waals surface area contributed by atoms with Crippen LogP contribution in [0.5, 0.6) is 0 Å². The van der Waals surface area contributed by atoms with Crippen molar-refractivity contribution in [2.75, 3.05) is 63.1 Å². The van der Waals surface area contributed by atoms with Gasteiger partial charge in [-0.15, -0.1) is 0 Å². The molecule has 2 aliphatic rings. The van der Waals surface area contributed by atoms with Crippen LogP contribution in [0.2, 0.25) is 0 Å². The number of carbonyl (C=O) groups is 1. The molecule has 0 aliphatic carbocycles. The second kappa shape index (κ2) is 11.0. The number of nitrogens with zero attached hydrogens (tertiary/aromatic N) is 3. The summed E-state index contributed by atoms with van der Waals surface area (Å²) in [5, 5.41) is 6.23. The lowest BCUT2D eigenvalue weighted by molar-refractivity contribution is 0.163. The van der Waals surface area contributed by atoms with Crippen molar-refractivity contribution in [1.29, 1.82) is 0 Å². The first-order chi connectivity index (χ1) is 14.5. The van der Waals surface area contributed by atoms with Crippen LogP contribution in [-0.4, -0.2) is 74.7 Å². The van der Waals surface area contributed by atoms with Crippen LogP contribution < -0.4 is 15.5 Å². The summed E-state index contributed by atoms with van der Waals surface area (Å²) in [7, 11) is 2.17. The number of likely N-dealkylation sites (N-methyl/N-ethyl adjacent to an activating group) is 1. The molecule has 1 atom stereocenters. The molecule has 0 radical (unpaired) electrons. The first kappa shape index (κ1) is 22.9. The van der Waals surface area contributed by atoms with Crippen molar-refractivity contribution < 1.29 is 4.79 Å². The minimum atomic E-state index is -0.0967. The molecule has 6 nitrogen and oxygen atoms in total. The minimum absolute atomic E-state index is 0.0967. The van der Waals surface area contributed by atoms with Gasteiger partial charge in [0.1, 0.15) is 0 Å². The van der Waals surface area contributed by atoms with Crippen LogP contribution in [0.4, 0.5) is 16.2 Å². The van der Waals surface area contributed by atoms with Crippen LogP contribution in [0.25, 0.3) is 0 Å². The Balaban J connectivity index is 1.55. The molecule has 0 saturated carbocycles. The summed E-state index contributed by atoms with van der Waals surface area (Å²) in [6.45, 7) is 13.9. The lowest BCUT2D eigenvalue weighted by atomic mass is 9.93. The predicted molar refractivity (Wildman–Crippen MR) is 127 cm³/mol. The van der Waals surface area contributed by atoms with E-state index in [1.165, 1.54) is 18.5 Å². The second-order valence-corrected chi connectivity index (χ2v) is 9.01. The molecule has 2 saturated heterocycles. The monoisotopic (exact) mass is 415 g/mol. The van der Waals surface area contributed by atoms with Crippen LogP contribution in [0.1, 0.15) is 45.1 Å². The van der Waals surface area contributed by atoms with Crippen molar-refractivity contribution in [3.05, 3.63) is 23.8 Å². The Hall–Kier alpha value is -1.79. The highest BCUT2D eigenvalue weighted by molar-refractivity contribution is 5.90. The number of nitrogens with one attached hydrogen (secondary N) is 2. The van der Waals surface area contributed by atoms with Crippen molar-refractivity contribution in [2.45, 2.75) is 52.5 Å². The Morgan fingerprint density at radius 3 is 2.30 bits per heavy atom. The molecule has 2 fully saturated rings. The number of benzene rings is 1. The highest BCUT2D eigenvalue weighted by Gasteiger charge is 2.27. The van der Waals surface area contributed by atoms with Gasteiger partial charge in [-0.2, -0.15) is 0 Å². The maximum absolute atomic E-state index is 12.6. The molecule has 0 spiro atoms. The van der Waals surface area contributed by atoms with Gasteiger partial charge in [0.2, 0.25) is 0 Å². The number of carbonyl (C=O) groups excluding carboxylic acids is 1. The summed E-state index contributed by atoms with van der Waals surface area (Å²) in [5.74, 6) is 0.632. The zero-order valence-electron chi connectivity index (χ0n) is 19.4. The molecule has 2 amide bonds. The molecule has 2 heterocycles. The molecule has 0 unspecified atom stereocenters. The highest BCUT2D eigenvalue weighted by Crippen LogP contribution is 2.24. The number of urea groups is 1. The quantitative estimate of drug-likeness (QED) is 0.679. The Morgan fingerprint density at radius 1 is 1.03 bits per heavy atom. The van der Waals surface area contributed by atoms with Crippen LogP contribution in [0.3, 0.4) is 0 Å². The summed E-state index contributed by atoms with van der Waals surface area (Å²) in [6, 6.07) is 6.71. The molecule has 1 aromatic rings. The molecular weight excluding hydrogens is 374 g/mol. The molecule has 0 aromatic heterocycles. The smallest absolute Gasteiger partial charge is 0.319 e. The fraction of sp³-hybridized carbons (Fsp3) is 0.708. The largest absolute Gasteiger partial charge is 0.369 e. The van der Waals surface area contributed by atoms with E-state index in [9.17, 15) is 4.79 Å². The lowest BCUT2D eigenvalue weighted by Gasteiger charge is -2.34. The fourth-order valence-electron chi connectivity index (χ4n) is 4.91. The van der Waals surface area contributed by atoms with E-state index in [-0.39, 0.29) is 6.03 Å². The number of hydrogen-bond acceptors (Lipinski definition) is 4. The standard InChI is InChI=1S/C24H41N5O/c1-5-20(6-2)23(29-11-7-8-12-29)18-25-24(30)26-22-10-9-21(17-19(22)3)28-15-13-27(4)14-16-28/h9-10,17,20,23H,5-8,11-16,18H2,1-4H3,(H2,25,26,30)/t23-/m0/s1. The number of piperazine rings is 1. The van der Waals surface area contributed by atoms with Gasteiger partial charge in [-0.3, -0.25) is 4.90 Å². The molecule has 1 aromatic carbocycles. The van der Waals surface area contributed by atoms with E-state index >= 15 is 0 Å². The van der Waals surface area contributed by atoms with Crippen molar-refractivity contribution in [3.63, 3.8) is 0 Å². The van der Waals surface area contributed by atoms with Crippen LogP contribution in [-0.2, 0) is 0 Å².